The number of H-pyrrole nitrogens is 1. The second-order valence-electron chi connectivity index (χ2n) is 8.37. The molecule has 1 aliphatic heterocycles. The molecule has 164 valence electrons. The highest BCUT2D eigenvalue weighted by Crippen LogP contribution is 2.32. The first kappa shape index (κ1) is 22.5. The van der Waals surface area contributed by atoms with Gasteiger partial charge in [0.1, 0.15) is 11.4 Å². The topological polar surface area (TPSA) is 98.8 Å². The Morgan fingerprint density at radius 1 is 1.40 bits per heavy atom. The first-order valence-corrected chi connectivity index (χ1v) is 10.5. The third kappa shape index (κ3) is 4.44. The third-order valence-electron chi connectivity index (χ3n) is 5.00. The van der Waals surface area contributed by atoms with E-state index in [1.807, 2.05) is 0 Å². The summed E-state index contributed by atoms with van der Waals surface area (Å²) in [6.45, 7) is 7.70. The fourth-order valence-corrected chi connectivity index (χ4v) is 4.21. The number of aromatic amines is 1. The Hall–Kier alpha value is -2.20. The van der Waals surface area contributed by atoms with E-state index in [1.54, 1.807) is 32.6 Å². The lowest BCUT2D eigenvalue weighted by molar-refractivity contribution is 0.00181. The minimum absolute atomic E-state index is 0.149. The molecule has 2 heterocycles. The molecule has 1 atom stereocenters. The van der Waals surface area contributed by atoms with Gasteiger partial charge in [-0.05, 0) is 56.1 Å². The second kappa shape index (κ2) is 8.50. The van der Waals surface area contributed by atoms with Crippen molar-refractivity contribution in [3.63, 3.8) is 0 Å². The van der Waals surface area contributed by atoms with E-state index in [4.69, 9.17) is 4.74 Å². The number of benzene rings is 1. The van der Waals surface area contributed by atoms with Gasteiger partial charge in [0.2, 0.25) is 0 Å². The second-order valence-corrected chi connectivity index (χ2v) is 9.16. The molecule has 10 heteroatoms. The van der Waals surface area contributed by atoms with E-state index in [-0.39, 0.29) is 48.6 Å². The lowest BCUT2D eigenvalue weighted by Gasteiger charge is -2.41. The predicted molar refractivity (Wildman–Crippen MR) is 113 cm³/mol. The van der Waals surface area contributed by atoms with E-state index in [0.717, 1.165) is 0 Å². The van der Waals surface area contributed by atoms with Crippen LogP contribution in [0.25, 0.3) is 10.9 Å². The van der Waals surface area contributed by atoms with Gasteiger partial charge in [-0.25, -0.2) is 9.18 Å². The van der Waals surface area contributed by atoms with Crippen molar-refractivity contribution in [2.24, 2.45) is 0 Å². The largest absolute Gasteiger partial charge is 0.444 e. The van der Waals surface area contributed by atoms with Gasteiger partial charge in [0.15, 0.2) is 0 Å². The number of hydrogen-bond acceptors (Lipinski definition) is 5. The third-order valence-corrected chi connectivity index (χ3v) is 5.78. The molecule has 2 N–H and O–H groups in total. The Labute approximate surface area is 182 Å². The van der Waals surface area contributed by atoms with Gasteiger partial charge in [-0.15, -0.1) is 0 Å². The van der Waals surface area contributed by atoms with Gasteiger partial charge in [0.25, 0.3) is 5.91 Å². The van der Waals surface area contributed by atoms with E-state index >= 15 is 0 Å². The molecule has 0 spiro atoms. The van der Waals surface area contributed by atoms with Crippen molar-refractivity contribution in [2.45, 2.75) is 45.8 Å². The van der Waals surface area contributed by atoms with E-state index in [1.165, 1.54) is 11.0 Å². The number of amides is 2. The highest BCUT2D eigenvalue weighted by Gasteiger charge is 2.35. The quantitative estimate of drug-likeness (QED) is 0.696. The maximum absolute atomic E-state index is 14.5. The van der Waals surface area contributed by atoms with Gasteiger partial charge in [0.05, 0.1) is 27.3 Å². The van der Waals surface area contributed by atoms with E-state index in [2.05, 4.69) is 26.1 Å². The van der Waals surface area contributed by atoms with Crippen LogP contribution in [-0.2, 0) is 4.74 Å². The fraction of sp³-hybridized carbons (Fsp3) is 0.550. The van der Waals surface area contributed by atoms with Crippen molar-refractivity contribution >= 4 is 38.8 Å². The summed E-state index contributed by atoms with van der Waals surface area (Å²) < 4.78 is 20.2. The molecule has 1 aromatic carbocycles. The van der Waals surface area contributed by atoms with E-state index < -0.39 is 23.6 Å². The van der Waals surface area contributed by atoms with Crippen LogP contribution in [0, 0.1) is 12.7 Å². The number of nitrogens with one attached hydrogen (secondary N) is 1. The van der Waals surface area contributed by atoms with Crippen LogP contribution in [-0.4, -0.2) is 75.0 Å². The minimum Gasteiger partial charge on any atom is -0.444 e. The molecule has 2 aromatic rings. The Morgan fingerprint density at radius 2 is 2.10 bits per heavy atom. The number of rotatable bonds is 3. The standard InChI is InChI=1S/C20H26BrFN4O4/c1-11-15-16(21)14(22)9-13(17(15)24-23-11)18(28)26-7-6-25(10-12(26)5-8-27)19(29)30-20(2,3)4/h9,12,27H,5-8,10H2,1-4H3,(H,23,24). The zero-order chi connectivity index (χ0) is 22.2. The van der Waals surface area contributed by atoms with Crippen molar-refractivity contribution in [3.05, 3.63) is 27.6 Å². The summed E-state index contributed by atoms with van der Waals surface area (Å²) in [6.07, 6.45) is -0.173. The minimum atomic E-state index is -0.629. The Bertz CT molecular complexity index is 972. The Morgan fingerprint density at radius 3 is 2.73 bits per heavy atom. The average Bonchev–Trinajstić information content (AvgIpc) is 3.05. The molecule has 0 aliphatic carbocycles. The van der Waals surface area contributed by atoms with Crippen molar-refractivity contribution in [1.29, 1.82) is 0 Å². The normalized spacial score (nSPS) is 17.5. The molecule has 1 unspecified atom stereocenters. The zero-order valence-corrected chi connectivity index (χ0v) is 19.0. The van der Waals surface area contributed by atoms with Gasteiger partial charge in [-0.3, -0.25) is 9.89 Å². The summed E-state index contributed by atoms with van der Waals surface area (Å²) in [7, 11) is 0. The number of nitrogens with zero attached hydrogens (tertiary/aromatic N) is 3. The molecule has 1 aliphatic rings. The molecule has 3 rings (SSSR count). The number of hydrogen-bond donors (Lipinski definition) is 2. The number of aliphatic hydroxyl groups is 1. The maximum atomic E-state index is 14.5. The summed E-state index contributed by atoms with van der Waals surface area (Å²) in [4.78, 5) is 28.9. The van der Waals surface area contributed by atoms with Crippen LogP contribution in [0.2, 0.25) is 0 Å². The molecule has 0 radical (unpaired) electrons. The number of piperazine rings is 1. The molecule has 2 amide bonds. The van der Waals surface area contributed by atoms with Crippen LogP contribution < -0.4 is 0 Å². The van der Waals surface area contributed by atoms with Crippen molar-refractivity contribution < 1.29 is 23.8 Å². The smallest absolute Gasteiger partial charge is 0.410 e. The highest BCUT2D eigenvalue weighted by atomic mass is 79.9. The summed E-state index contributed by atoms with van der Waals surface area (Å²) in [5, 5.41) is 16.9. The monoisotopic (exact) mass is 484 g/mol. The Kier molecular flexibility index (Phi) is 6.37. The number of aryl methyl sites for hydroxylation is 1. The predicted octanol–water partition coefficient (Wildman–Crippen LogP) is 3.22. The van der Waals surface area contributed by atoms with Crippen LogP contribution in [0.5, 0.6) is 0 Å². The number of halogens is 2. The summed E-state index contributed by atoms with van der Waals surface area (Å²) in [5.41, 5.74) is 0.561. The van der Waals surface area contributed by atoms with Crippen molar-refractivity contribution in [1.82, 2.24) is 20.0 Å². The average molecular weight is 485 g/mol. The molecule has 0 bridgehead atoms. The molecular weight excluding hydrogens is 459 g/mol. The van der Waals surface area contributed by atoms with Crippen LogP contribution in [0.15, 0.2) is 10.5 Å². The molecular formula is C20H26BrFN4O4. The SMILES string of the molecule is Cc1n[nH]c2c(C(=O)N3CCN(C(=O)OC(C)(C)C)CC3CCO)cc(F)c(Br)c12. The summed E-state index contributed by atoms with van der Waals surface area (Å²) in [5.74, 6) is -0.932. The highest BCUT2D eigenvalue weighted by molar-refractivity contribution is 9.10. The van der Waals surface area contributed by atoms with Gasteiger partial charge in [-0.1, -0.05) is 0 Å². The summed E-state index contributed by atoms with van der Waals surface area (Å²) in [6, 6.07) is 0.761. The summed E-state index contributed by atoms with van der Waals surface area (Å²) >= 11 is 3.22. The van der Waals surface area contributed by atoms with E-state index in [0.29, 0.717) is 16.6 Å². The van der Waals surface area contributed by atoms with Crippen LogP contribution in [0.1, 0.15) is 43.2 Å². The number of carbonyl (C=O) groups excluding carboxylic acids is 2. The maximum Gasteiger partial charge on any atom is 0.410 e. The number of fused-ring (bicyclic) bond motifs is 1. The number of aliphatic hydroxyl groups excluding tert-OH is 1. The van der Waals surface area contributed by atoms with Crippen molar-refractivity contribution in [2.75, 3.05) is 26.2 Å². The van der Waals surface area contributed by atoms with Gasteiger partial charge in [-0.2, -0.15) is 5.10 Å². The Balaban J connectivity index is 1.89. The molecule has 8 nitrogen and oxygen atoms in total. The first-order valence-electron chi connectivity index (χ1n) is 9.76. The number of carbonyl (C=O) groups is 2. The van der Waals surface area contributed by atoms with Gasteiger partial charge < -0.3 is 19.6 Å². The van der Waals surface area contributed by atoms with Gasteiger partial charge in [0, 0.05) is 31.6 Å². The van der Waals surface area contributed by atoms with Crippen molar-refractivity contribution in [3.8, 4) is 0 Å². The molecule has 1 saturated heterocycles. The molecule has 1 aromatic heterocycles. The molecule has 30 heavy (non-hydrogen) atoms. The first-order chi connectivity index (χ1) is 14.0. The lowest BCUT2D eigenvalue weighted by atomic mass is 10.0. The van der Waals surface area contributed by atoms with Crippen LogP contribution in [0.3, 0.4) is 0 Å². The van der Waals surface area contributed by atoms with Crippen LogP contribution in [0.4, 0.5) is 9.18 Å². The fourth-order valence-electron chi connectivity index (χ4n) is 3.61. The number of aromatic nitrogens is 2. The van der Waals surface area contributed by atoms with Gasteiger partial charge >= 0.3 is 6.09 Å². The molecule has 1 fully saturated rings. The molecule has 0 saturated carbocycles. The zero-order valence-electron chi connectivity index (χ0n) is 17.5. The van der Waals surface area contributed by atoms with E-state index in [9.17, 15) is 19.1 Å². The van der Waals surface area contributed by atoms with Crippen LogP contribution >= 0.6 is 15.9 Å². The number of ether oxygens (including phenoxy) is 1. The lowest BCUT2D eigenvalue weighted by Crippen LogP contribution is -2.57.